The predicted molar refractivity (Wildman–Crippen MR) is 97.2 cm³/mol. The van der Waals surface area contributed by atoms with Crippen molar-refractivity contribution in [2.75, 3.05) is 6.61 Å². The van der Waals surface area contributed by atoms with Crippen molar-refractivity contribution in [1.82, 2.24) is 18.7 Å². The number of unbranched alkanes of at least 4 members (excludes halogenated alkanes) is 2. The number of fused-ring (bicyclic) bond motifs is 1. The first-order valence-electron chi connectivity index (χ1n) is 8.31. The number of nitrogens with zero attached hydrogens (tertiary/aromatic N) is 4. The molecule has 0 fully saturated rings. The van der Waals surface area contributed by atoms with Crippen LogP contribution in [-0.2, 0) is 29.7 Å². The maximum absolute atomic E-state index is 12.2. The fourth-order valence-electron chi connectivity index (χ4n) is 2.11. The molecular weight excluding hydrogens is 347 g/mol. The van der Waals surface area contributed by atoms with Gasteiger partial charge in [0, 0.05) is 20.6 Å². The van der Waals surface area contributed by atoms with Gasteiger partial charge >= 0.3 is 13.9 Å². The van der Waals surface area contributed by atoms with E-state index in [1.165, 1.54) is 30.8 Å². The molecule has 1 unspecified atom stereocenters. The van der Waals surface area contributed by atoms with E-state index in [2.05, 4.69) is 23.4 Å². The van der Waals surface area contributed by atoms with Crippen molar-refractivity contribution in [3.63, 3.8) is 0 Å². The van der Waals surface area contributed by atoms with Crippen LogP contribution in [0.1, 0.15) is 39.5 Å². The summed E-state index contributed by atoms with van der Waals surface area (Å²) in [5, 5.41) is 0. The maximum atomic E-state index is 12.2. The van der Waals surface area contributed by atoms with E-state index in [0.717, 1.165) is 4.57 Å². The summed E-state index contributed by atoms with van der Waals surface area (Å²) in [6.07, 6.45) is 5.40. The average Bonchev–Trinajstić information content (AvgIpc) is 3.01. The summed E-state index contributed by atoms with van der Waals surface area (Å²) in [6, 6.07) is 0. The first kappa shape index (κ1) is 21.3. The third-order valence-corrected chi connectivity index (χ3v) is 4.19. The van der Waals surface area contributed by atoms with E-state index in [9.17, 15) is 14.2 Å². The first-order chi connectivity index (χ1) is 11.8. The minimum atomic E-state index is -2.89. The molecule has 2 aromatic heterocycles. The van der Waals surface area contributed by atoms with Gasteiger partial charge in [0.1, 0.15) is 0 Å². The number of hydrogen-bond donors (Lipinski definition) is 1. The van der Waals surface area contributed by atoms with Gasteiger partial charge in [-0.15, -0.1) is 0 Å². The number of imidazole rings is 1. The van der Waals surface area contributed by atoms with Crippen LogP contribution in [-0.4, -0.2) is 30.2 Å². The Kier molecular flexibility index (Phi) is 8.82. The molecule has 10 heteroatoms. The van der Waals surface area contributed by atoms with Gasteiger partial charge in [-0.1, -0.05) is 26.7 Å². The molecule has 0 amide bonds. The second kappa shape index (κ2) is 10.3. The summed E-state index contributed by atoms with van der Waals surface area (Å²) in [5.41, 5.74) is -0.0857. The Morgan fingerprint density at radius 2 is 1.80 bits per heavy atom. The van der Waals surface area contributed by atoms with Crippen molar-refractivity contribution in [1.29, 1.82) is 0 Å². The zero-order chi connectivity index (χ0) is 19.0. The molecule has 9 nitrogen and oxygen atoms in total. The lowest BCUT2D eigenvalue weighted by atomic mass is 10.3. The van der Waals surface area contributed by atoms with Crippen LogP contribution in [0.4, 0.5) is 0 Å². The smallest absolute Gasteiger partial charge is 0.326 e. The molecule has 142 valence electrons. The highest BCUT2D eigenvalue weighted by atomic mass is 31.1. The van der Waals surface area contributed by atoms with Crippen LogP contribution in [0.15, 0.2) is 15.9 Å². The van der Waals surface area contributed by atoms with Crippen molar-refractivity contribution >= 4 is 19.4 Å². The molecule has 0 aliphatic heterocycles. The Morgan fingerprint density at radius 3 is 2.36 bits per heavy atom. The van der Waals surface area contributed by atoms with E-state index in [-0.39, 0.29) is 12.2 Å². The molecule has 0 saturated heterocycles. The van der Waals surface area contributed by atoms with E-state index < -0.39 is 13.9 Å². The summed E-state index contributed by atoms with van der Waals surface area (Å²) < 4.78 is 19.0. The highest BCUT2D eigenvalue weighted by Gasteiger charge is 2.13. The Labute approximate surface area is 146 Å². The van der Waals surface area contributed by atoms with Gasteiger partial charge in [-0.3, -0.25) is 18.5 Å². The van der Waals surface area contributed by atoms with E-state index in [1.54, 1.807) is 11.6 Å². The van der Waals surface area contributed by atoms with Gasteiger partial charge in [-0.25, -0.2) is 9.78 Å². The third kappa shape index (κ3) is 5.66. The Bertz CT molecular complexity index is 822. The highest BCUT2D eigenvalue weighted by Crippen LogP contribution is 2.15. The monoisotopic (exact) mass is 374 g/mol. The Hall–Kier alpha value is -1.70. The van der Waals surface area contributed by atoms with Gasteiger partial charge in [-0.2, -0.15) is 0 Å². The second-order valence-electron chi connectivity index (χ2n) is 5.64. The lowest BCUT2D eigenvalue weighted by molar-refractivity contribution is 0.273. The van der Waals surface area contributed by atoms with Crippen molar-refractivity contribution in [3.05, 3.63) is 27.2 Å². The SMILES string of the molecule is CCCC.Cn1c(=O)c2c(ncn2CCCCO[PH](=O)O)n(C)c1=O. The zero-order valence-electron chi connectivity index (χ0n) is 15.2. The standard InChI is InChI=1S/C11H17N4O5P.C4H10/c1-13-9-8(10(16)14(2)11(13)17)15(7-12-9)5-3-4-6-20-21(18)19;1-3-4-2/h7,21H,3-6H2,1-2H3,(H,18,19);3-4H2,1-2H3. The third-order valence-electron chi connectivity index (χ3n) is 3.74. The molecule has 1 atom stereocenters. The minimum Gasteiger partial charge on any atom is -0.326 e. The molecule has 0 spiro atoms. The van der Waals surface area contributed by atoms with Crippen LogP contribution >= 0.6 is 8.25 Å². The average molecular weight is 374 g/mol. The van der Waals surface area contributed by atoms with Crippen LogP contribution in [0.25, 0.3) is 11.2 Å². The van der Waals surface area contributed by atoms with Crippen LogP contribution in [0.2, 0.25) is 0 Å². The molecule has 0 aliphatic carbocycles. The molecular formula is C15H27N4O5P. The summed E-state index contributed by atoms with van der Waals surface area (Å²) in [5.74, 6) is 0. The summed E-state index contributed by atoms with van der Waals surface area (Å²) >= 11 is 0. The van der Waals surface area contributed by atoms with Gasteiger partial charge < -0.3 is 14.0 Å². The summed E-state index contributed by atoms with van der Waals surface area (Å²) in [7, 11) is 0.103. The molecule has 0 bridgehead atoms. The normalized spacial score (nSPS) is 12.0. The summed E-state index contributed by atoms with van der Waals surface area (Å²) in [6.45, 7) is 5.07. The lowest BCUT2D eigenvalue weighted by Crippen LogP contribution is -2.37. The number of aryl methyl sites for hydroxylation is 2. The molecule has 0 aliphatic rings. The highest BCUT2D eigenvalue weighted by molar-refractivity contribution is 7.32. The van der Waals surface area contributed by atoms with Crippen LogP contribution in [0.5, 0.6) is 0 Å². The van der Waals surface area contributed by atoms with E-state index in [4.69, 9.17) is 4.89 Å². The molecule has 0 saturated carbocycles. The number of hydrogen-bond acceptors (Lipinski definition) is 5. The van der Waals surface area contributed by atoms with Crippen molar-refractivity contribution in [3.8, 4) is 0 Å². The van der Waals surface area contributed by atoms with Crippen molar-refractivity contribution in [2.45, 2.75) is 46.1 Å². The fraction of sp³-hybridized carbons (Fsp3) is 0.667. The zero-order valence-corrected chi connectivity index (χ0v) is 16.2. The molecule has 0 aromatic carbocycles. The molecule has 2 aromatic rings. The molecule has 0 radical (unpaired) electrons. The van der Waals surface area contributed by atoms with Crippen molar-refractivity contribution < 1.29 is 14.0 Å². The molecule has 25 heavy (non-hydrogen) atoms. The van der Waals surface area contributed by atoms with Gasteiger partial charge in [0.2, 0.25) is 0 Å². The Balaban J connectivity index is 0.000000705. The fourth-order valence-corrected chi connectivity index (χ4v) is 2.43. The van der Waals surface area contributed by atoms with E-state index in [0.29, 0.717) is 30.6 Å². The second-order valence-corrected chi connectivity index (χ2v) is 6.46. The number of rotatable bonds is 7. The van der Waals surface area contributed by atoms with Gasteiger partial charge in [-0.05, 0) is 12.8 Å². The van der Waals surface area contributed by atoms with Crippen LogP contribution in [0, 0.1) is 0 Å². The molecule has 2 rings (SSSR count). The molecule has 1 N–H and O–H groups in total. The minimum absolute atomic E-state index is 0.192. The molecule has 2 heterocycles. The van der Waals surface area contributed by atoms with Crippen LogP contribution in [0.3, 0.4) is 0 Å². The lowest BCUT2D eigenvalue weighted by Gasteiger charge is -2.06. The quantitative estimate of drug-likeness (QED) is 0.580. The number of aromatic nitrogens is 4. The van der Waals surface area contributed by atoms with E-state index >= 15 is 0 Å². The van der Waals surface area contributed by atoms with Gasteiger partial charge in [0.05, 0.1) is 12.9 Å². The Morgan fingerprint density at radius 1 is 1.16 bits per heavy atom. The predicted octanol–water partition coefficient (Wildman–Crippen LogP) is 1.42. The summed E-state index contributed by atoms with van der Waals surface area (Å²) in [4.78, 5) is 36.6. The maximum Gasteiger partial charge on any atom is 0.332 e. The first-order valence-corrected chi connectivity index (χ1v) is 9.58. The largest absolute Gasteiger partial charge is 0.332 e. The van der Waals surface area contributed by atoms with Crippen molar-refractivity contribution in [2.24, 2.45) is 14.1 Å². The van der Waals surface area contributed by atoms with Crippen LogP contribution < -0.4 is 11.2 Å². The van der Waals surface area contributed by atoms with Gasteiger partial charge in [0.15, 0.2) is 11.2 Å². The van der Waals surface area contributed by atoms with E-state index in [1.807, 2.05) is 0 Å². The van der Waals surface area contributed by atoms with Gasteiger partial charge in [0.25, 0.3) is 5.56 Å². The topological polar surface area (TPSA) is 108 Å².